The fourth-order valence-electron chi connectivity index (χ4n) is 16.0. The second-order valence-corrected chi connectivity index (χ2v) is 32.6. The zero-order valence-electron chi connectivity index (χ0n) is 74.8. The lowest BCUT2D eigenvalue weighted by molar-refractivity contribution is 0.482. The molecule has 16 aromatic heterocycles. The molecule has 23 nitrogen and oxygen atoms in total. The van der Waals surface area contributed by atoms with Gasteiger partial charge < -0.3 is 75.2 Å². The molecule has 16 heterocycles. The average molecular weight is 1790 g/mol. The summed E-state index contributed by atoms with van der Waals surface area (Å²) in [6.45, 7) is 12.6. The standard InChI is InChI=1S/C18H14N2O.C16H17NO.C15H16N2O.C14H14N2O.C13H12N2O.C12H10N2O.C11H7ClN2O.C11H8N2O/c1-2-6-13(7-3-1)10-18-20-12-17(21-18)15-11-19-16-9-5-4-8-14(15)16;1-11(2)9-12-7-8-16(18-12)14-10-17-15-6-4-3-5-13(14)15;1-2-3-8-15-17-10-14(18-15)12-9-16-13-7-5-4-6-11(12)13;1-2-5-14-16-9-13(17-14)11-8-15-12-7-4-3-6-10(11)12;1-2-13-15-8-12(16-13)10-7-14-11-6-4-3-5-9(10)11;1-8-13-7-12(15-8)10-6-14-11-5-3-2-4-9(10)11;12-11-10(15-6-14-11)8-5-13-9-4-2-1-3-7(8)9;1-2-4-10-8(3-1)9(5-13-10)11-6-12-7-14-11/h1-9,11-12,19H,10H2;3-8,10-11,17H,9H2,1-2H3;4-7,9-10,16H,2-3,8H2,1H3;3-4,6-9,15H,2,5H2,1H3;3-8,14H,2H2,1H3;2-7,14H,1H3;1-6,13H;1-7,13H. The number of hydrogen-bond acceptors (Lipinski definition) is 15. The van der Waals surface area contributed by atoms with Crippen LogP contribution in [0.3, 0.4) is 0 Å². The van der Waals surface area contributed by atoms with Crippen molar-refractivity contribution >= 4 is 98.8 Å². The van der Waals surface area contributed by atoms with E-state index in [4.69, 9.17) is 46.9 Å². The molecule has 25 rings (SSSR count). The summed E-state index contributed by atoms with van der Waals surface area (Å²) in [6, 6.07) is 79.6. The van der Waals surface area contributed by atoms with Crippen molar-refractivity contribution in [3.63, 3.8) is 0 Å². The molecular formula is C110H98ClN15O8. The number of fused-ring (bicyclic) bond motifs is 8. The van der Waals surface area contributed by atoms with Gasteiger partial charge in [-0.05, 0) is 85.0 Å². The summed E-state index contributed by atoms with van der Waals surface area (Å²) >= 11 is 5.91. The summed E-state index contributed by atoms with van der Waals surface area (Å²) in [5.74, 6) is 12.0. The highest BCUT2D eigenvalue weighted by atomic mass is 35.5. The minimum absolute atomic E-state index is 0.389. The Hall–Kier alpha value is -16.7. The molecule has 0 bridgehead atoms. The van der Waals surface area contributed by atoms with E-state index in [1.165, 1.54) is 39.9 Å². The largest absolute Gasteiger partial charge is 0.461 e. The van der Waals surface area contributed by atoms with Gasteiger partial charge in [0.15, 0.2) is 87.7 Å². The number of nitrogens with one attached hydrogen (secondary N) is 8. The predicted molar refractivity (Wildman–Crippen MR) is 532 cm³/mol. The van der Waals surface area contributed by atoms with Crippen molar-refractivity contribution in [2.75, 3.05) is 0 Å². The van der Waals surface area contributed by atoms with E-state index in [0.29, 0.717) is 29.1 Å². The Morgan fingerprint density at radius 3 is 1.00 bits per heavy atom. The Labute approximate surface area is 775 Å². The van der Waals surface area contributed by atoms with Gasteiger partial charge in [-0.2, -0.15) is 0 Å². The van der Waals surface area contributed by atoms with E-state index in [9.17, 15) is 0 Å². The number of oxazole rings is 7. The molecule has 0 aliphatic carbocycles. The summed E-state index contributed by atoms with van der Waals surface area (Å²) in [6.07, 6.45) is 36.8. The number of aryl methyl sites for hydroxylation is 4. The number of nitrogens with zero attached hydrogens (tertiary/aromatic N) is 7. The molecule has 668 valence electrons. The lowest BCUT2D eigenvalue weighted by Crippen LogP contribution is -1.90. The molecule has 0 radical (unpaired) electrons. The van der Waals surface area contributed by atoms with Crippen LogP contribution in [0.15, 0.2) is 371 Å². The van der Waals surface area contributed by atoms with E-state index < -0.39 is 0 Å². The maximum Gasteiger partial charge on any atom is 0.199 e. The Bertz CT molecular complexity index is 8020. The number of aromatic nitrogens is 15. The fraction of sp³-hybridized carbons (Fsp3) is 0.136. The normalized spacial score (nSPS) is 11.1. The minimum Gasteiger partial charge on any atom is -0.461 e. The molecule has 25 aromatic rings. The lowest BCUT2D eigenvalue weighted by atomic mass is 10.1. The van der Waals surface area contributed by atoms with Crippen LogP contribution in [-0.4, -0.2) is 74.8 Å². The highest BCUT2D eigenvalue weighted by Crippen LogP contribution is 2.38. The predicted octanol–water partition coefficient (Wildman–Crippen LogP) is 29.8. The fourth-order valence-corrected chi connectivity index (χ4v) is 16.2. The first kappa shape index (κ1) is 88.0. The van der Waals surface area contributed by atoms with Crippen molar-refractivity contribution < 1.29 is 35.3 Å². The van der Waals surface area contributed by atoms with Crippen LogP contribution in [0, 0.1) is 12.8 Å². The minimum atomic E-state index is 0.389. The summed E-state index contributed by atoms with van der Waals surface area (Å²) in [5.41, 5.74) is 18.6. The van der Waals surface area contributed by atoms with Crippen molar-refractivity contribution in [3.8, 4) is 90.6 Å². The van der Waals surface area contributed by atoms with Gasteiger partial charge >= 0.3 is 0 Å². The Kier molecular flexibility index (Phi) is 27.5. The first-order valence-corrected chi connectivity index (χ1v) is 45.1. The average Bonchev–Trinajstić information content (AvgIpc) is 1.68. The van der Waals surface area contributed by atoms with Gasteiger partial charge in [-0.25, -0.2) is 34.9 Å². The van der Waals surface area contributed by atoms with Crippen LogP contribution in [0.25, 0.3) is 178 Å². The summed E-state index contributed by atoms with van der Waals surface area (Å²) < 4.78 is 45.1. The summed E-state index contributed by atoms with van der Waals surface area (Å²) in [4.78, 5) is 54.9. The van der Waals surface area contributed by atoms with E-state index in [0.717, 1.165) is 225 Å². The van der Waals surface area contributed by atoms with Crippen LogP contribution < -0.4 is 0 Å². The van der Waals surface area contributed by atoms with Crippen molar-refractivity contribution in [2.24, 2.45) is 5.92 Å². The van der Waals surface area contributed by atoms with Crippen molar-refractivity contribution in [1.29, 1.82) is 0 Å². The molecule has 24 heteroatoms. The molecule has 8 N–H and O–H groups in total. The zero-order valence-corrected chi connectivity index (χ0v) is 75.5. The van der Waals surface area contributed by atoms with Gasteiger partial charge in [-0.3, -0.25) is 0 Å². The lowest BCUT2D eigenvalue weighted by Gasteiger charge is -2.00. The van der Waals surface area contributed by atoms with E-state index in [1.54, 1.807) is 31.0 Å². The van der Waals surface area contributed by atoms with E-state index >= 15 is 0 Å². The van der Waals surface area contributed by atoms with Gasteiger partial charge in [0.25, 0.3) is 0 Å². The number of unbranched alkanes of at least 4 members (excludes halogenated alkanes) is 1. The van der Waals surface area contributed by atoms with Gasteiger partial charge in [0, 0.05) is 220 Å². The molecule has 0 aliphatic heterocycles. The zero-order chi connectivity index (χ0) is 91.5. The second-order valence-electron chi connectivity index (χ2n) is 32.3. The molecule has 0 fully saturated rings. The van der Waals surface area contributed by atoms with Crippen LogP contribution in [-0.2, 0) is 32.1 Å². The maximum absolute atomic E-state index is 5.93. The first-order chi connectivity index (χ1) is 65.9. The Balaban J connectivity index is 0.000000103. The quantitative estimate of drug-likeness (QED) is 0.0396. The van der Waals surface area contributed by atoms with Gasteiger partial charge in [0.2, 0.25) is 0 Å². The number of para-hydroxylation sites is 8. The first-order valence-electron chi connectivity index (χ1n) is 44.8. The molecular weight excluding hydrogens is 1690 g/mol. The Morgan fingerprint density at radius 2 is 0.642 bits per heavy atom. The highest BCUT2D eigenvalue weighted by Gasteiger charge is 2.20. The molecule has 0 unspecified atom stereocenters. The van der Waals surface area contributed by atoms with Crippen LogP contribution >= 0.6 is 11.6 Å². The van der Waals surface area contributed by atoms with E-state index in [-0.39, 0.29) is 0 Å². The number of H-pyrrole nitrogens is 8. The molecule has 0 atom stereocenters. The van der Waals surface area contributed by atoms with Crippen LogP contribution in [0.5, 0.6) is 0 Å². The van der Waals surface area contributed by atoms with Gasteiger partial charge in [-0.1, -0.05) is 229 Å². The van der Waals surface area contributed by atoms with Gasteiger partial charge in [-0.15, -0.1) is 0 Å². The SMILES string of the molecule is CC(C)Cc1ccc(-c2c[nH]c3ccccc23)o1.CCCCc1ncc(-c2c[nH]c3ccccc23)o1.CCCc1ncc(-c2c[nH]c3ccccc23)o1.CCc1ncc(-c2c[nH]c3ccccc23)o1.Cc1ncc(-c2c[nH]c3ccccc23)o1.Clc1ncoc1-c1c[nH]c2ccccc12.c1ccc(Cc2ncc(-c3c[nH]c4ccccc34)o2)cc1.c1ccc2c(-c3cnco3)c[nH]c2c1. The number of rotatable bonds is 18. The molecule has 9 aromatic carbocycles. The molecule has 0 saturated carbocycles. The Morgan fingerprint density at radius 1 is 0.299 bits per heavy atom. The number of aromatic amines is 8. The van der Waals surface area contributed by atoms with Crippen LogP contribution in [0.2, 0.25) is 5.15 Å². The molecule has 0 amide bonds. The third kappa shape index (κ3) is 20.5. The molecule has 134 heavy (non-hydrogen) atoms. The van der Waals surface area contributed by atoms with Crippen molar-refractivity contribution in [3.05, 3.63) is 382 Å². The van der Waals surface area contributed by atoms with Gasteiger partial charge in [0.1, 0.15) is 11.5 Å². The third-order valence-electron chi connectivity index (χ3n) is 22.6. The summed E-state index contributed by atoms with van der Waals surface area (Å²) in [5, 5.41) is 9.67. The number of benzene rings is 9. The van der Waals surface area contributed by atoms with E-state index in [1.807, 2.05) is 203 Å². The number of furan rings is 1. The highest BCUT2D eigenvalue weighted by molar-refractivity contribution is 6.32. The third-order valence-corrected chi connectivity index (χ3v) is 22.9. The van der Waals surface area contributed by atoms with Crippen molar-refractivity contribution in [1.82, 2.24) is 74.8 Å². The maximum atomic E-state index is 5.93. The molecule has 0 spiro atoms. The number of halogens is 1. The number of hydrogen-bond donors (Lipinski definition) is 8. The van der Waals surface area contributed by atoms with Crippen molar-refractivity contribution in [2.45, 2.75) is 92.9 Å². The van der Waals surface area contributed by atoms with E-state index in [2.05, 4.69) is 206 Å². The smallest absolute Gasteiger partial charge is 0.199 e. The summed E-state index contributed by atoms with van der Waals surface area (Å²) in [7, 11) is 0. The van der Waals surface area contributed by atoms with Crippen LogP contribution in [0.1, 0.15) is 94.7 Å². The molecule has 0 aliphatic rings. The molecule has 0 saturated heterocycles. The monoisotopic (exact) mass is 1790 g/mol. The van der Waals surface area contributed by atoms with Crippen LogP contribution in [0.4, 0.5) is 0 Å². The van der Waals surface area contributed by atoms with Gasteiger partial charge in [0.05, 0.1) is 37.2 Å². The topological polar surface area (TPSA) is 322 Å². The second kappa shape index (κ2) is 41.8.